The fraction of sp³-hybridized carbons (Fsp3) is 0.500. The van der Waals surface area contributed by atoms with Gasteiger partial charge in [0.15, 0.2) is 0 Å². The highest BCUT2D eigenvalue weighted by atomic mass is 35.5. The maximum absolute atomic E-state index is 6.17. The van der Waals surface area contributed by atoms with E-state index in [0.29, 0.717) is 5.88 Å². The van der Waals surface area contributed by atoms with Gasteiger partial charge in [0.25, 0.3) is 0 Å². The molecule has 0 unspecified atom stereocenters. The highest BCUT2D eigenvalue weighted by Crippen LogP contribution is 2.26. The van der Waals surface area contributed by atoms with Gasteiger partial charge >= 0.3 is 0 Å². The van der Waals surface area contributed by atoms with Crippen LogP contribution >= 0.6 is 35.0 Å². The summed E-state index contributed by atoms with van der Waals surface area (Å²) in [5, 5.41) is 0.782. The average Bonchev–Trinajstić information content (AvgIpc) is 2.57. The molecule has 0 saturated carbocycles. The predicted molar refractivity (Wildman–Crippen MR) is 75.2 cm³/mol. The van der Waals surface area contributed by atoms with Gasteiger partial charge in [0, 0.05) is 35.4 Å². The minimum atomic E-state index is 0.481. The third kappa shape index (κ3) is 2.99. The third-order valence-corrected chi connectivity index (χ3v) is 4.46. The molecule has 0 radical (unpaired) electrons. The zero-order valence-electron chi connectivity index (χ0n) is 9.09. The van der Waals surface area contributed by atoms with Crippen LogP contribution in [-0.2, 0) is 5.88 Å². The maximum Gasteiger partial charge on any atom is 0.0488 e. The number of alkyl halides is 1. The van der Waals surface area contributed by atoms with E-state index in [1.807, 2.05) is 23.9 Å². The first-order valence-corrected chi connectivity index (χ1v) is 7.55. The summed E-state index contributed by atoms with van der Waals surface area (Å²) in [6.07, 6.45) is 1.25. The first-order chi connectivity index (χ1) is 7.81. The molecule has 0 atom stereocenters. The van der Waals surface area contributed by atoms with E-state index in [1.165, 1.54) is 23.6 Å². The summed E-state index contributed by atoms with van der Waals surface area (Å²) in [6.45, 7) is 2.24. The summed E-state index contributed by atoms with van der Waals surface area (Å²) < 4.78 is 0. The van der Waals surface area contributed by atoms with E-state index in [2.05, 4.69) is 11.0 Å². The van der Waals surface area contributed by atoms with Crippen molar-refractivity contribution in [3.8, 4) is 0 Å². The van der Waals surface area contributed by atoms with Crippen LogP contribution in [0.25, 0.3) is 0 Å². The topological polar surface area (TPSA) is 3.24 Å². The molecule has 1 aliphatic rings. The van der Waals surface area contributed by atoms with Gasteiger partial charge in [0.1, 0.15) is 0 Å². The molecule has 0 N–H and O–H groups in total. The first kappa shape index (κ1) is 12.4. The van der Waals surface area contributed by atoms with E-state index < -0.39 is 0 Å². The summed E-state index contributed by atoms with van der Waals surface area (Å²) in [6, 6.07) is 6.19. The summed E-state index contributed by atoms with van der Waals surface area (Å²) in [5.74, 6) is 2.95. The maximum atomic E-state index is 6.17. The molecule has 0 aromatic heterocycles. The largest absolute Gasteiger partial charge is 0.371 e. The summed E-state index contributed by atoms with van der Waals surface area (Å²) in [5.41, 5.74) is 2.23. The number of nitrogens with zero attached hydrogens (tertiary/aromatic N) is 1. The molecule has 0 bridgehead atoms. The monoisotopic (exact) mass is 275 g/mol. The van der Waals surface area contributed by atoms with Crippen LogP contribution in [0.2, 0.25) is 5.02 Å². The van der Waals surface area contributed by atoms with E-state index in [1.54, 1.807) is 0 Å². The SMILES string of the molecule is ClCc1ccc(N2CCCSCC2)cc1Cl. The number of anilines is 1. The van der Waals surface area contributed by atoms with Gasteiger partial charge in [-0.25, -0.2) is 0 Å². The molecule has 1 aromatic rings. The van der Waals surface area contributed by atoms with Crippen molar-refractivity contribution in [2.24, 2.45) is 0 Å². The van der Waals surface area contributed by atoms with Gasteiger partial charge in [-0.05, 0) is 29.9 Å². The van der Waals surface area contributed by atoms with Crippen molar-refractivity contribution < 1.29 is 0 Å². The molecule has 16 heavy (non-hydrogen) atoms. The van der Waals surface area contributed by atoms with Crippen molar-refractivity contribution in [2.75, 3.05) is 29.5 Å². The van der Waals surface area contributed by atoms with Crippen LogP contribution in [0.4, 0.5) is 5.69 Å². The molecular weight excluding hydrogens is 261 g/mol. The lowest BCUT2D eigenvalue weighted by Gasteiger charge is -2.22. The summed E-state index contributed by atoms with van der Waals surface area (Å²) in [7, 11) is 0. The number of rotatable bonds is 2. The van der Waals surface area contributed by atoms with Crippen molar-refractivity contribution >= 4 is 40.7 Å². The summed E-state index contributed by atoms with van der Waals surface area (Å²) in [4.78, 5) is 2.41. The van der Waals surface area contributed by atoms with Gasteiger partial charge in [-0.1, -0.05) is 17.7 Å². The van der Waals surface area contributed by atoms with E-state index in [9.17, 15) is 0 Å². The molecule has 1 nitrogen and oxygen atoms in total. The fourth-order valence-corrected chi connectivity index (χ4v) is 3.28. The number of benzene rings is 1. The van der Waals surface area contributed by atoms with Gasteiger partial charge < -0.3 is 4.90 Å². The van der Waals surface area contributed by atoms with Crippen LogP contribution < -0.4 is 4.90 Å². The predicted octanol–water partition coefficient (Wildman–Crippen LogP) is 4.02. The van der Waals surface area contributed by atoms with E-state index in [4.69, 9.17) is 23.2 Å². The Hall–Kier alpha value is -0.0500. The van der Waals surface area contributed by atoms with E-state index >= 15 is 0 Å². The molecule has 0 aliphatic carbocycles. The van der Waals surface area contributed by atoms with Crippen LogP contribution in [0, 0.1) is 0 Å². The average molecular weight is 276 g/mol. The minimum Gasteiger partial charge on any atom is -0.371 e. The van der Waals surface area contributed by atoms with Crippen molar-refractivity contribution in [1.29, 1.82) is 0 Å². The molecule has 4 heteroatoms. The Kier molecular flexibility index (Phi) is 4.68. The second kappa shape index (κ2) is 6.04. The van der Waals surface area contributed by atoms with Crippen LogP contribution in [0.3, 0.4) is 0 Å². The van der Waals surface area contributed by atoms with Crippen LogP contribution in [0.1, 0.15) is 12.0 Å². The molecule has 0 spiro atoms. The lowest BCUT2D eigenvalue weighted by molar-refractivity contribution is 0.816. The van der Waals surface area contributed by atoms with Gasteiger partial charge in [-0.15, -0.1) is 11.6 Å². The molecule has 1 aliphatic heterocycles. The van der Waals surface area contributed by atoms with E-state index in [0.717, 1.165) is 23.7 Å². The Morgan fingerprint density at radius 1 is 1.25 bits per heavy atom. The lowest BCUT2D eigenvalue weighted by atomic mass is 10.2. The van der Waals surface area contributed by atoms with Crippen molar-refractivity contribution in [1.82, 2.24) is 0 Å². The Labute approximate surface area is 111 Å². The molecule has 1 heterocycles. The Morgan fingerprint density at radius 3 is 2.88 bits per heavy atom. The van der Waals surface area contributed by atoms with Gasteiger partial charge in [-0.2, -0.15) is 11.8 Å². The van der Waals surface area contributed by atoms with Crippen molar-refractivity contribution in [3.05, 3.63) is 28.8 Å². The Bertz CT molecular complexity index is 349. The second-order valence-corrected chi connectivity index (χ2v) is 5.76. The molecule has 1 saturated heterocycles. The molecule has 1 aromatic carbocycles. The Balaban J connectivity index is 2.16. The lowest BCUT2D eigenvalue weighted by Crippen LogP contribution is -2.25. The van der Waals surface area contributed by atoms with Crippen molar-refractivity contribution in [3.63, 3.8) is 0 Å². The molecule has 2 rings (SSSR count). The zero-order valence-corrected chi connectivity index (χ0v) is 11.4. The number of hydrogen-bond acceptors (Lipinski definition) is 2. The normalized spacial score (nSPS) is 17.2. The zero-order chi connectivity index (χ0) is 11.4. The molecule has 0 amide bonds. The van der Waals surface area contributed by atoms with Crippen molar-refractivity contribution in [2.45, 2.75) is 12.3 Å². The standard InChI is InChI=1S/C12H15Cl2NS/c13-9-10-2-3-11(8-12(10)14)15-4-1-6-16-7-5-15/h2-3,8H,1,4-7,9H2. The number of halogens is 2. The molecule has 88 valence electrons. The highest BCUT2D eigenvalue weighted by molar-refractivity contribution is 7.99. The third-order valence-electron chi connectivity index (χ3n) is 2.77. The van der Waals surface area contributed by atoms with E-state index in [-0.39, 0.29) is 0 Å². The van der Waals surface area contributed by atoms with Crippen LogP contribution in [0.15, 0.2) is 18.2 Å². The highest BCUT2D eigenvalue weighted by Gasteiger charge is 2.11. The second-order valence-electron chi connectivity index (χ2n) is 3.86. The molecule has 1 fully saturated rings. The van der Waals surface area contributed by atoms with Crippen LogP contribution in [-0.4, -0.2) is 24.6 Å². The van der Waals surface area contributed by atoms with Gasteiger partial charge in [-0.3, -0.25) is 0 Å². The Morgan fingerprint density at radius 2 is 2.12 bits per heavy atom. The first-order valence-electron chi connectivity index (χ1n) is 5.48. The summed E-state index contributed by atoms with van der Waals surface area (Å²) >= 11 is 14.0. The van der Waals surface area contributed by atoms with Crippen LogP contribution in [0.5, 0.6) is 0 Å². The smallest absolute Gasteiger partial charge is 0.0488 e. The number of thioether (sulfide) groups is 1. The minimum absolute atomic E-state index is 0.481. The van der Waals surface area contributed by atoms with Gasteiger partial charge in [0.05, 0.1) is 0 Å². The fourth-order valence-electron chi connectivity index (χ4n) is 1.85. The quantitative estimate of drug-likeness (QED) is 0.750. The number of hydrogen-bond donors (Lipinski definition) is 0. The molecular formula is C12H15Cl2NS. The van der Waals surface area contributed by atoms with Gasteiger partial charge in [0.2, 0.25) is 0 Å².